The highest BCUT2D eigenvalue weighted by atomic mass is 32.2. The van der Waals surface area contributed by atoms with Crippen molar-refractivity contribution in [2.45, 2.75) is 31.2 Å². The van der Waals surface area contributed by atoms with Crippen LogP contribution in [0.2, 0.25) is 0 Å². The van der Waals surface area contributed by atoms with E-state index < -0.39 is 22.0 Å². The highest BCUT2D eigenvalue weighted by Crippen LogP contribution is 2.21. The Labute approximate surface area is 148 Å². The number of pyridine rings is 1. The number of esters is 1. The Balaban J connectivity index is 2.22. The fourth-order valence-electron chi connectivity index (χ4n) is 2.42. The second-order valence-corrected chi connectivity index (χ2v) is 7.81. The van der Waals surface area contributed by atoms with Gasteiger partial charge in [0.15, 0.2) is 0 Å². The van der Waals surface area contributed by atoms with Crippen LogP contribution in [0.25, 0.3) is 11.1 Å². The Hall–Kier alpha value is -2.25. The molecule has 0 saturated heterocycles. The maximum absolute atomic E-state index is 12.6. The summed E-state index contributed by atoms with van der Waals surface area (Å²) in [6, 6.07) is 9.23. The molecule has 1 unspecified atom stereocenters. The molecule has 1 aromatic carbocycles. The summed E-state index contributed by atoms with van der Waals surface area (Å²) < 4.78 is 32.3. The molecule has 7 heteroatoms. The maximum Gasteiger partial charge on any atom is 0.323 e. The molecule has 0 amide bonds. The van der Waals surface area contributed by atoms with Crippen molar-refractivity contribution in [1.82, 2.24) is 9.71 Å². The summed E-state index contributed by atoms with van der Waals surface area (Å²) >= 11 is 0. The van der Waals surface area contributed by atoms with Gasteiger partial charge in [0, 0.05) is 12.4 Å². The third kappa shape index (κ3) is 5.11. The molecule has 0 aliphatic heterocycles. The fraction of sp³-hybridized carbons (Fsp3) is 0.333. The van der Waals surface area contributed by atoms with Crippen molar-refractivity contribution in [2.24, 2.45) is 5.92 Å². The van der Waals surface area contributed by atoms with Crippen LogP contribution >= 0.6 is 0 Å². The minimum Gasteiger partial charge on any atom is -0.468 e. The maximum atomic E-state index is 12.6. The molecule has 0 aliphatic rings. The summed E-state index contributed by atoms with van der Waals surface area (Å²) in [5.41, 5.74) is 1.76. The van der Waals surface area contributed by atoms with Crippen LogP contribution < -0.4 is 4.72 Å². The molecule has 6 nitrogen and oxygen atoms in total. The number of nitrogens with one attached hydrogen (secondary N) is 1. The summed E-state index contributed by atoms with van der Waals surface area (Å²) in [6.07, 6.45) is 3.74. The first-order chi connectivity index (χ1) is 11.8. The van der Waals surface area contributed by atoms with Crippen molar-refractivity contribution in [3.8, 4) is 11.1 Å². The van der Waals surface area contributed by atoms with Gasteiger partial charge in [0.05, 0.1) is 12.0 Å². The van der Waals surface area contributed by atoms with Crippen LogP contribution in [0.4, 0.5) is 0 Å². The van der Waals surface area contributed by atoms with Gasteiger partial charge in [-0.3, -0.25) is 9.78 Å². The molecule has 1 N–H and O–H groups in total. The molecule has 0 saturated carbocycles. The van der Waals surface area contributed by atoms with Crippen molar-refractivity contribution in [3.63, 3.8) is 0 Å². The Bertz CT molecular complexity index is 803. The number of ether oxygens (including phenoxy) is 1. The number of sulfonamides is 1. The normalized spacial score (nSPS) is 12.8. The smallest absolute Gasteiger partial charge is 0.323 e. The average molecular weight is 362 g/mol. The molecule has 0 aliphatic carbocycles. The molecule has 1 aromatic heterocycles. The zero-order valence-electron chi connectivity index (χ0n) is 14.5. The fourth-order valence-corrected chi connectivity index (χ4v) is 3.62. The zero-order chi connectivity index (χ0) is 18.4. The molecule has 1 heterocycles. The van der Waals surface area contributed by atoms with Crippen molar-refractivity contribution < 1.29 is 17.9 Å². The largest absolute Gasteiger partial charge is 0.468 e. The third-order valence-electron chi connectivity index (χ3n) is 3.65. The lowest BCUT2D eigenvalue weighted by molar-refractivity contribution is -0.143. The highest BCUT2D eigenvalue weighted by molar-refractivity contribution is 7.89. The van der Waals surface area contributed by atoms with Gasteiger partial charge < -0.3 is 4.74 Å². The van der Waals surface area contributed by atoms with E-state index in [4.69, 9.17) is 4.74 Å². The number of carbonyl (C=O) groups excluding carboxylic acids is 1. The van der Waals surface area contributed by atoms with Crippen molar-refractivity contribution in [1.29, 1.82) is 0 Å². The first kappa shape index (κ1) is 19.1. The molecule has 1 atom stereocenters. The van der Waals surface area contributed by atoms with Crippen molar-refractivity contribution in [2.75, 3.05) is 7.11 Å². The number of nitrogens with zero attached hydrogens (tertiary/aromatic N) is 1. The van der Waals surface area contributed by atoms with Gasteiger partial charge in [-0.1, -0.05) is 32.0 Å². The lowest BCUT2D eigenvalue weighted by atomic mass is 10.1. The average Bonchev–Trinajstić information content (AvgIpc) is 2.60. The van der Waals surface area contributed by atoms with E-state index in [0.717, 1.165) is 11.1 Å². The van der Waals surface area contributed by atoms with Crippen LogP contribution in [0.1, 0.15) is 20.3 Å². The van der Waals surface area contributed by atoms with Gasteiger partial charge in [0.1, 0.15) is 6.04 Å². The number of aromatic nitrogens is 1. The highest BCUT2D eigenvalue weighted by Gasteiger charge is 2.27. The van der Waals surface area contributed by atoms with E-state index in [-0.39, 0.29) is 10.8 Å². The number of carbonyl (C=O) groups is 1. The van der Waals surface area contributed by atoms with Crippen LogP contribution in [-0.2, 0) is 19.6 Å². The van der Waals surface area contributed by atoms with E-state index in [1.807, 2.05) is 26.0 Å². The molecule has 0 bridgehead atoms. The Morgan fingerprint density at radius 2 is 1.84 bits per heavy atom. The number of methoxy groups -OCH3 is 1. The van der Waals surface area contributed by atoms with Crippen molar-refractivity contribution >= 4 is 16.0 Å². The minimum absolute atomic E-state index is 0.0952. The molecule has 2 rings (SSSR count). The number of hydrogen-bond acceptors (Lipinski definition) is 5. The predicted octanol–water partition coefficient (Wildman–Crippen LogP) is 2.61. The van der Waals surface area contributed by atoms with Gasteiger partial charge in [0.25, 0.3) is 0 Å². The second kappa shape index (κ2) is 8.22. The molecule has 134 valence electrons. The van der Waals surface area contributed by atoms with Gasteiger partial charge in [0.2, 0.25) is 10.0 Å². The van der Waals surface area contributed by atoms with Gasteiger partial charge >= 0.3 is 5.97 Å². The van der Waals surface area contributed by atoms with Crippen LogP contribution in [0.3, 0.4) is 0 Å². The van der Waals surface area contributed by atoms with Crippen LogP contribution in [0.5, 0.6) is 0 Å². The first-order valence-corrected chi connectivity index (χ1v) is 9.42. The van der Waals surface area contributed by atoms with Gasteiger partial charge in [-0.15, -0.1) is 0 Å². The SMILES string of the molecule is COC(=O)C(CC(C)C)NS(=O)(=O)c1ccc(-c2cccnc2)cc1. The van der Waals surface area contributed by atoms with Gasteiger partial charge in [-0.05, 0) is 41.7 Å². The summed E-state index contributed by atoms with van der Waals surface area (Å²) in [4.78, 5) is 16.0. The summed E-state index contributed by atoms with van der Waals surface area (Å²) in [7, 11) is -2.58. The number of benzene rings is 1. The summed E-state index contributed by atoms with van der Waals surface area (Å²) in [5, 5.41) is 0. The van der Waals surface area contributed by atoms with Gasteiger partial charge in [-0.2, -0.15) is 4.72 Å². The second-order valence-electron chi connectivity index (χ2n) is 6.09. The molecule has 25 heavy (non-hydrogen) atoms. The zero-order valence-corrected chi connectivity index (χ0v) is 15.3. The Morgan fingerprint density at radius 1 is 1.16 bits per heavy atom. The number of rotatable bonds is 7. The standard InChI is InChI=1S/C18H22N2O4S/c1-13(2)11-17(18(21)24-3)20-25(22,23)16-8-6-14(7-9-16)15-5-4-10-19-12-15/h4-10,12-13,17,20H,11H2,1-3H3. The predicted molar refractivity (Wildman–Crippen MR) is 95.3 cm³/mol. The first-order valence-electron chi connectivity index (χ1n) is 7.94. The molecule has 0 spiro atoms. The minimum atomic E-state index is -3.83. The monoisotopic (exact) mass is 362 g/mol. The lowest BCUT2D eigenvalue weighted by Gasteiger charge is -2.18. The molecule has 0 fully saturated rings. The van der Waals surface area contributed by atoms with Crippen molar-refractivity contribution in [3.05, 3.63) is 48.8 Å². The molecular weight excluding hydrogens is 340 g/mol. The Morgan fingerprint density at radius 3 is 2.36 bits per heavy atom. The summed E-state index contributed by atoms with van der Waals surface area (Å²) in [5.74, 6) is -0.455. The molecule has 2 aromatic rings. The third-order valence-corrected chi connectivity index (χ3v) is 5.14. The van der Waals surface area contributed by atoms with Gasteiger partial charge in [-0.25, -0.2) is 8.42 Å². The van der Waals surface area contributed by atoms with E-state index >= 15 is 0 Å². The van der Waals surface area contributed by atoms with E-state index in [1.165, 1.54) is 19.2 Å². The van der Waals surface area contributed by atoms with E-state index in [0.29, 0.717) is 6.42 Å². The topological polar surface area (TPSA) is 85.4 Å². The Kier molecular flexibility index (Phi) is 6.27. The molecular formula is C18H22N2O4S. The van der Waals surface area contributed by atoms with E-state index in [2.05, 4.69) is 9.71 Å². The van der Waals surface area contributed by atoms with E-state index in [1.54, 1.807) is 24.5 Å². The lowest BCUT2D eigenvalue weighted by Crippen LogP contribution is -2.42. The van der Waals surface area contributed by atoms with Crippen LogP contribution in [-0.4, -0.2) is 32.5 Å². The quantitative estimate of drug-likeness (QED) is 0.765. The van der Waals surface area contributed by atoms with E-state index in [9.17, 15) is 13.2 Å². The van der Waals surface area contributed by atoms with Crippen LogP contribution in [0, 0.1) is 5.92 Å². The molecule has 0 radical (unpaired) electrons. The van der Waals surface area contributed by atoms with Crippen LogP contribution in [0.15, 0.2) is 53.7 Å². The number of hydrogen-bond donors (Lipinski definition) is 1. The summed E-state index contributed by atoms with van der Waals surface area (Å²) in [6.45, 7) is 3.82.